The number of amides is 8. The van der Waals surface area contributed by atoms with Gasteiger partial charge in [-0.3, -0.25) is 43.3 Å². The van der Waals surface area contributed by atoms with Crippen LogP contribution in [0.15, 0.2) is 35.8 Å². The predicted molar refractivity (Wildman–Crippen MR) is 261 cm³/mol. The lowest BCUT2D eigenvalue weighted by Gasteiger charge is -2.39. The average molecular weight is 999 g/mol. The van der Waals surface area contributed by atoms with E-state index in [0.717, 1.165) is 17.0 Å². The van der Waals surface area contributed by atoms with Gasteiger partial charge in [-0.25, -0.2) is 4.98 Å². The molecule has 0 radical (unpaired) electrons. The lowest BCUT2D eigenvalue weighted by molar-refractivity contribution is -0.152. The number of likely N-dealkylation sites (N-methyl/N-ethyl adjacent to an activating group) is 1. The molecule has 1 aromatic heterocycles. The van der Waals surface area contributed by atoms with E-state index in [1.54, 1.807) is 44.3 Å². The van der Waals surface area contributed by atoms with E-state index < -0.39 is 47.4 Å². The molecule has 388 valence electrons. The van der Waals surface area contributed by atoms with Gasteiger partial charge in [-0.2, -0.15) is 0 Å². The molecule has 21 heteroatoms. The van der Waals surface area contributed by atoms with Crippen molar-refractivity contribution >= 4 is 64.3 Å². The quantitative estimate of drug-likeness (QED) is 0.0651. The van der Waals surface area contributed by atoms with Crippen LogP contribution in [0.4, 0.5) is 5.69 Å². The zero-order chi connectivity index (χ0) is 51.4. The number of methoxy groups -OCH3 is 2. The largest absolute Gasteiger partial charge is 0.379 e. The number of hydrogen-bond donors (Lipinski definition) is 4. The van der Waals surface area contributed by atoms with Crippen LogP contribution in [0.1, 0.15) is 96.6 Å². The standard InChI is InChI=1S/C49H74N8O12S/c1-9-32(2)45(37(66-7)29-43(62)56-22-10-11-36(56)46(67-8)33(3)47(64)51-30-40-50-21-28-70-40)55(6)44(63)31-52-48(65)49(4,5)54-39(59)20-25-69-27-26-68-24-19-38(58)53-35-15-12-34(13-16-35)14-17-41(60)57-23-18-42(57)61/h12-13,15-16,21,28,32-33,36-37,45-46H,9-11,14,17-20,22-27,29-31H2,1-8H3,(H,51,64)(H,52,65)(H,53,58)(H,54,59)/t32-,33+,36-,37+,45-,46+/m0/s1. The lowest BCUT2D eigenvalue weighted by atomic mass is 9.90. The van der Waals surface area contributed by atoms with Crippen LogP contribution in [0.5, 0.6) is 0 Å². The van der Waals surface area contributed by atoms with Crippen molar-refractivity contribution in [3.05, 3.63) is 46.4 Å². The second-order valence-electron chi connectivity index (χ2n) is 18.3. The summed E-state index contributed by atoms with van der Waals surface area (Å²) in [6.45, 7) is 10.4. The molecule has 0 bridgehead atoms. The van der Waals surface area contributed by atoms with E-state index in [4.69, 9.17) is 18.9 Å². The number of ether oxygens (including phenoxy) is 4. The van der Waals surface area contributed by atoms with Crippen LogP contribution in [0.3, 0.4) is 0 Å². The molecule has 6 atom stereocenters. The number of hydrogen-bond acceptors (Lipinski definition) is 14. The molecule has 2 aromatic rings. The zero-order valence-corrected chi connectivity index (χ0v) is 42.9. The Morgan fingerprint density at radius 3 is 2.17 bits per heavy atom. The molecule has 2 aliphatic rings. The molecular weight excluding hydrogens is 925 g/mol. The molecule has 4 N–H and O–H groups in total. The van der Waals surface area contributed by atoms with Gasteiger partial charge in [-0.05, 0) is 56.7 Å². The first-order valence-electron chi connectivity index (χ1n) is 24.1. The number of carbonyl (C=O) groups excluding carboxylic acids is 8. The van der Waals surface area contributed by atoms with Crippen molar-refractivity contribution in [1.29, 1.82) is 0 Å². The molecule has 1 aromatic carbocycles. The van der Waals surface area contributed by atoms with Gasteiger partial charge in [0.2, 0.25) is 47.3 Å². The fourth-order valence-corrected chi connectivity index (χ4v) is 9.11. The van der Waals surface area contributed by atoms with Gasteiger partial charge in [0.15, 0.2) is 0 Å². The van der Waals surface area contributed by atoms with Gasteiger partial charge in [0.25, 0.3) is 0 Å². The summed E-state index contributed by atoms with van der Waals surface area (Å²) >= 11 is 1.45. The number of aryl methyl sites for hydroxylation is 1. The van der Waals surface area contributed by atoms with Crippen LogP contribution in [0, 0.1) is 11.8 Å². The number of nitrogens with one attached hydrogen (secondary N) is 4. The smallest absolute Gasteiger partial charge is 0.245 e. The molecule has 20 nitrogen and oxygen atoms in total. The Labute approximate surface area is 415 Å². The third-order valence-electron chi connectivity index (χ3n) is 13.0. The summed E-state index contributed by atoms with van der Waals surface area (Å²) in [6.07, 6.45) is 3.79. The van der Waals surface area contributed by atoms with E-state index in [-0.39, 0.29) is 100 Å². The monoisotopic (exact) mass is 999 g/mol. The minimum absolute atomic E-state index is 0.0159. The number of nitrogens with zero attached hydrogens (tertiary/aromatic N) is 4. The third kappa shape index (κ3) is 17.2. The van der Waals surface area contributed by atoms with Crippen LogP contribution in [-0.4, -0.2) is 164 Å². The first kappa shape index (κ1) is 57.2. The Hall–Kier alpha value is -5.35. The highest BCUT2D eigenvalue weighted by Crippen LogP contribution is 2.29. The normalized spacial score (nSPS) is 16.9. The predicted octanol–water partition coefficient (Wildman–Crippen LogP) is 2.83. The van der Waals surface area contributed by atoms with Gasteiger partial charge in [0.05, 0.1) is 82.6 Å². The van der Waals surface area contributed by atoms with Crippen molar-refractivity contribution in [3.63, 3.8) is 0 Å². The fraction of sp³-hybridized carbons (Fsp3) is 0.653. The number of rotatable bonds is 30. The van der Waals surface area contributed by atoms with E-state index in [9.17, 15) is 38.4 Å². The molecule has 2 saturated heterocycles. The summed E-state index contributed by atoms with van der Waals surface area (Å²) in [5, 5.41) is 13.7. The van der Waals surface area contributed by atoms with Crippen molar-refractivity contribution < 1.29 is 57.3 Å². The second kappa shape index (κ2) is 28.5. The van der Waals surface area contributed by atoms with E-state index >= 15 is 0 Å². The minimum atomic E-state index is -1.36. The van der Waals surface area contributed by atoms with Gasteiger partial charge in [-0.15, -0.1) is 11.3 Å². The highest BCUT2D eigenvalue weighted by molar-refractivity contribution is 7.09. The topological polar surface area (TPSA) is 244 Å². The van der Waals surface area contributed by atoms with Gasteiger partial charge >= 0.3 is 0 Å². The Morgan fingerprint density at radius 1 is 0.900 bits per heavy atom. The highest BCUT2D eigenvalue weighted by Gasteiger charge is 2.42. The van der Waals surface area contributed by atoms with E-state index in [1.165, 1.54) is 42.1 Å². The van der Waals surface area contributed by atoms with Crippen LogP contribution in [-0.2, 0) is 70.3 Å². The summed E-state index contributed by atoms with van der Waals surface area (Å²) < 4.78 is 22.8. The van der Waals surface area contributed by atoms with E-state index in [1.807, 2.05) is 31.4 Å². The molecule has 2 aliphatic heterocycles. The zero-order valence-electron chi connectivity index (χ0n) is 42.0. The molecule has 0 spiro atoms. The number of benzene rings is 1. The van der Waals surface area contributed by atoms with Gasteiger partial charge in [0.1, 0.15) is 10.5 Å². The molecule has 4 rings (SSSR count). The summed E-state index contributed by atoms with van der Waals surface area (Å²) in [6, 6.07) is 6.31. The molecule has 8 amide bonds. The second-order valence-corrected chi connectivity index (χ2v) is 19.3. The molecule has 2 fully saturated rings. The summed E-state index contributed by atoms with van der Waals surface area (Å²) in [4.78, 5) is 112. The number of thiazole rings is 1. The number of aromatic nitrogens is 1. The molecule has 3 heterocycles. The maximum absolute atomic E-state index is 14.0. The summed E-state index contributed by atoms with van der Waals surface area (Å²) in [5.74, 6) is -2.94. The minimum Gasteiger partial charge on any atom is -0.379 e. The van der Waals surface area contributed by atoms with Crippen molar-refractivity contribution in [2.24, 2.45) is 11.8 Å². The Bertz CT molecular complexity index is 2050. The van der Waals surface area contributed by atoms with Crippen LogP contribution < -0.4 is 21.3 Å². The van der Waals surface area contributed by atoms with Crippen molar-refractivity contribution in [3.8, 4) is 0 Å². The first-order chi connectivity index (χ1) is 33.4. The van der Waals surface area contributed by atoms with Crippen LogP contribution >= 0.6 is 11.3 Å². The van der Waals surface area contributed by atoms with Gasteiger partial charge in [-0.1, -0.05) is 39.3 Å². The Morgan fingerprint density at radius 2 is 1.59 bits per heavy atom. The number of carbonyl (C=O) groups is 8. The van der Waals surface area contributed by atoms with Crippen molar-refractivity contribution in [1.82, 2.24) is 35.6 Å². The third-order valence-corrected chi connectivity index (χ3v) is 13.7. The lowest BCUT2D eigenvalue weighted by Crippen LogP contribution is -2.57. The van der Waals surface area contributed by atoms with Gasteiger partial charge in [0, 0.05) is 70.9 Å². The Balaban J connectivity index is 1.13. The first-order valence-corrected chi connectivity index (χ1v) is 25.0. The van der Waals surface area contributed by atoms with Crippen molar-refractivity contribution in [2.75, 3.05) is 72.6 Å². The maximum Gasteiger partial charge on any atom is 0.245 e. The molecule has 70 heavy (non-hydrogen) atoms. The van der Waals surface area contributed by atoms with Crippen LogP contribution in [0.25, 0.3) is 0 Å². The highest BCUT2D eigenvalue weighted by atomic mass is 32.1. The number of likely N-dealkylation sites (tertiary alicyclic amines) is 2. The SMILES string of the molecule is CC[C@H](C)[C@@H]([C@@H](CC(=O)N1CCC[C@H]1[C@H](OC)[C@@H](C)C(=O)NCc1nccs1)OC)N(C)C(=O)CNC(=O)C(C)(C)NC(=O)CCOCCOCCC(=O)Nc1ccc(CCC(=O)N2CCC2=O)cc1. The molecule has 0 aliphatic carbocycles. The maximum atomic E-state index is 14.0. The molecule has 0 unspecified atom stereocenters. The fourth-order valence-electron chi connectivity index (χ4n) is 8.55. The average Bonchev–Trinajstić information content (AvgIpc) is 4.05. The summed E-state index contributed by atoms with van der Waals surface area (Å²) in [5.41, 5.74) is 0.170. The van der Waals surface area contributed by atoms with Gasteiger partial charge < -0.3 is 50.0 Å². The number of β-lactam (4-membered cyclic amide) rings is 1. The summed E-state index contributed by atoms with van der Waals surface area (Å²) in [7, 11) is 4.68. The van der Waals surface area contributed by atoms with Crippen molar-refractivity contribution in [2.45, 2.75) is 129 Å². The van der Waals surface area contributed by atoms with E-state index in [0.29, 0.717) is 51.0 Å². The molecule has 0 saturated carbocycles. The van der Waals surface area contributed by atoms with Crippen LogP contribution in [0.2, 0.25) is 0 Å². The number of anilines is 1. The van der Waals surface area contributed by atoms with E-state index in [2.05, 4.69) is 26.3 Å². The molecular formula is C49H74N8O12S. The number of imide groups is 1. The Kier molecular flexibility index (Phi) is 23.3.